The van der Waals surface area contributed by atoms with Gasteiger partial charge < -0.3 is 5.32 Å². The van der Waals surface area contributed by atoms with Gasteiger partial charge in [-0.1, -0.05) is 0 Å². The van der Waals surface area contributed by atoms with Crippen molar-refractivity contribution in [3.05, 3.63) is 52.1 Å². The quantitative estimate of drug-likeness (QED) is 0.680. The van der Waals surface area contributed by atoms with Gasteiger partial charge in [0.05, 0.1) is 23.2 Å². The molecular weight excluding hydrogens is 251 g/mol. The summed E-state index contributed by atoms with van der Waals surface area (Å²) in [6, 6.07) is 3.28. The molecule has 0 aliphatic carbocycles. The molecule has 0 amide bonds. The van der Waals surface area contributed by atoms with Crippen LogP contribution in [-0.4, -0.2) is 14.7 Å². The Morgan fingerprint density at radius 1 is 1.53 bits per heavy atom. The van der Waals surface area contributed by atoms with Crippen molar-refractivity contribution in [3.8, 4) is 0 Å². The summed E-state index contributed by atoms with van der Waals surface area (Å²) in [6.45, 7) is 1.85. The van der Waals surface area contributed by atoms with E-state index in [1.807, 2.05) is 13.1 Å². The maximum atomic E-state index is 13.0. The molecule has 2 aromatic rings. The van der Waals surface area contributed by atoms with E-state index in [0.29, 0.717) is 0 Å². The van der Waals surface area contributed by atoms with Crippen molar-refractivity contribution in [1.29, 1.82) is 0 Å². The maximum Gasteiger partial charge on any atom is 0.295 e. The first kappa shape index (κ1) is 13.0. The topological polar surface area (TPSA) is 73.0 Å². The van der Waals surface area contributed by atoms with Crippen LogP contribution in [0.4, 0.5) is 15.8 Å². The number of nitro benzene ring substituents is 1. The van der Waals surface area contributed by atoms with Crippen molar-refractivity contribution in [1.82, 2.24) is 9.78 Å². The smallest absolute Gasteiger partial charge is 0.295 e. The predicted octanol–water partition coefficient (Wildman–Crippen LogP) is 2.64. The first-order chi connectivity index (χ1) is 8.97. The Bertz CT molecular complexity index is 612. The molecule has 0 bridgehead atoms. The molecule has 1 unspecified atom stereocenters. The van der Waals surface area contributed by atoms with Crippen LogP contribution in [0.15, 0.2) is 30.6 Å². The molecule has 19 heavy (non-hydrogen) atoms. The van der Waals surface area contributed by atoms with E-state index in [1.54, 1.807) is 17.9 Å². The third-order valence-electron chi connectivity index (χ3n) is 2.75. The van der Waals surface area contributed by atoms with E-state index in [-0.39, 0.29) is 17.4 Å². The van der Waals surface area contributed by atoms with Gasteiger partial charge in [-0.2, -0.15) is 5.10 Å². The lowest BCUT2D eigenvalue weighted by Gasteiger charge is -2.13. The van der Waals surface area contributed by atoms with Crippen LogP contribution < -0.4 is 5.32 Å². The molecule has 1 atom stereocenters. The van der Waals surface area contributed by atoms with E-state index < -0.39 is 10.7 Å². The Morgan fingerprint density at radius 3 is 2.84 bits per heavy atom. The van der Waals surface area contributed by atoms with Crippen LogP contribution in [0.5, 0.6) is 0 Å². The van der Waals surface area contributed by atoms with Gasteiger partial charge in [0.2, 0.25) is 0 Å². The van der Waals surface area contributed by atoms with E-state index in [4.69, 9.17) is 0 Å². The fraction of sp³-hybridized carbons (Fsp3) is 0.250. The zero-order valence-corrected chi connectivity index (χ0v) is 10.5. The number of hydrogen-bond donors (Lipinski definition) is 1. The molecule has 0 aliphatic rings. The summed E-state index contributed by atoms with van der Waals surface area (Å²) < 4.78 is 14.7. The number of hydrogen-bond acceptors (Lipinski definition) is 4. The molecule has 1 aromatic heterocycles. The summed E-state index contributed by atoms with van der Waals surface area (Å²) in [4.78, 5) is 10.3. The van der Waals surface area contributed by atoms with Crippen LogP contribution in [0, 0.1) is 15.9 Å². The average Bonchev–Trinajstić information content (AvgIpc) is 2.78. The van der Waals surface area contributed by atoms with Crippen molar-refractivity contribution in [3.63, 3.8) is 0 Å². The number of nitrogens with zero attached hydrogens (tertiary/aromatic N) is 3. The Balaban J connectivity index is 2.26. The van der Waals surface area contributed by atoms with Crippen LogP contribution in [0.25, 0.3) is 0 Å². The highest BCUT2D eigenvalue weighted by Gasteiger charge is 2.17. The van der Waals surface area contributed by atoms with Gasteiger partial charge in [0.15, 0.2) is 0 Å². The molecule has 7 heteroatoms. The van der Waals surface area contributed by atoms with E-state index in [2.05, 4.69) is 10.4 Å². The zero-order valence-electron chi connectivity index (χ0n) is 10.5. The molecule has 1 N–H and O–H groups in total. The molecule has 2 rings (SSSR count). The normalized spacial score (nSPS) is 12.2. The number of aromatic nitrogens is 2. The van der Waals surface area contributed by atoms with Gasteiger partial charge >= 0.3 is 0 Å². The predicted molar refractivity (Wildman–Crippen MR) is 68.3 cm³/mol. The molecule has 0 aliphatic heterocycles. The van der Waals surface area contributed by atoms with Crippen molar-refractivity contribution < 1.29 is 9.31 Å². The van der Waals surface area contributed by atoms with Gasteiger partial charge in [-0.15, -0.1) is 0 Å². The largest absolute Gasteiger partial charge is 0.373 e. The minimum Gasteiger partial charge on any atom is -0.373 e. The van der Waals surface area contributed by atoms with Gasteiger partial charge in [0.1, 0.15) is 11.5 Å². The van der Waals surface area contributed by atoms with Crippen molar-refractivity contribution in [2.75, 3.05) is 5.32 Å². The van der Waals surface area contributed by atoms with Crippen LogP contribution in [0.1, 0.15) is 18.5 Å². The van der Waals surface area contributed by atoms with E-state index in [1.165, 1.54) is 12.1 Å². The molecule has 0 radical (unpaired) electrons. The van der Waals surface area contributed by atoms with Crippen molar-refractivity contribution >= 4 is 11.4 Å². The summed E-state index contributed by atoms with van der Waals surface area (Å²) >= 11 is 0. The number of aryl methyl sites for hydroxylation is 1. The third kappa shape index (κ3) is 2.87. The van der Waals surface area contributed by atoms with Gasteiger partial charge in [0, 0.05) is 18.8 Å². The van der Waals surface area contributed by atoms with E-state index in [0.717, 1.165) is 11.6 Å². The molecule has 0 saturated heterocycles. The molecule has 0 saturated carbocycles. The lowest BCUT2D eigenvalue weighted by atomic mass is 10.1. The van der Waals surface area contributed by atoms with Crippen molar-refractivity contribution in [2.45, 2.75) is 13.0 Å². The fourth-order valence-corrected chi connectivity index (χ4v) is 1.76. The second kappa shape index (κ2) is 5.05. The molecule has 1 aromatic carbocycles. The minimum absolute atomic E-state index is 0.169. The standard InChI is InChI=1S/C12H13FN4O2/c1-8(9-6-14-16(2)7-9)15-11-4-3-10(13)5-12(11)17(18)19/h3-8,15H,1-2H3. The Kier molecular flexibility index (Phi) is 3.46. The van der Waals surface area contributed by atoms with Crippen LogP contribution >= 0.6 is 0 Å². The molecular formula is C12H13FN4O2. The Hall–Kier alpha value is -2.44. The molecule has 0 fully saturated rings. The number of rotatable bonds is 4. The average molecular weight is 264 g/mol. The van der Waals surface area contributed by atoms with Gasteiger partial charge in [0.25, 0.3) is 5.69 Å². The van der Waals surface area contributed by atoms with Gasteiger partial charge in [-0.25, -0.2) is 4.39 Å². The Labute approximate surface area is 109 Å². The molecule has 6 nitrogen and oxygen atoms in total. The monoisotopic (exact) mass is 264 g/mol. The number of nitro groups is 1. The zero-order chi connectivity index (χ0) is 14.0. The molecule has 1 heterocycles. The fourth-order valence-electron chi connectivity index (χ4n) is 1.76. The summed E-state index contributed by atoms with van der Waals surface area (Å²) in [5, 5.41) is 17.9. The lowest BCUT2D eigenvalue weighted by Crippen LogP contribution is -2.08. The number of halogens is 1. The highest BCUT2D eigenvalue weighted by molar-refractivity contribution is 5.62. The molecule has 0 spiro atoms. The summed E-state index contributed by atoms with van der Waals surface area (Å²) in [5.41, 5.74) is 0.889. The van der Waals surface area contributed by atoms with E-state index in [9.17, 15) is 14.5 Å². The maximum absolute atomic E-state index is 13.0. The highest BCUT2D eigenvalue weighted by Crippen LogP contribution is 2.28. The SMILES string of the molecule is CC(Nc1ccc(F)cc1[N+](=O)[O-])c1cnn(C)c1. The van der Waals surface area contributed by atoms with Gasteiger partial charge in [-0.3, -0.25) is 14.8 Å². The summed E-state index contributed by atoms with van der Waals surface area (Å²) in [5.74, 6) is -0.633. The van der Waals surface area contributed by atoms with Crippen LogP contribution in [-0.2, 0) is 7.05 Å². The second-order valence-corrected chi connectivity index (χ2v) is 4.23. The van der Waals surface area contributed by atoms with Crippen LogP contribution in [0.2, 0.25) is 0 Å². The molecule has 100 valence electrons. The second-order valence-electron chi connectivity index (χ2n) is 4.23. The Morgan fingerprint density at radius 2 is 2.26 bits per heavy atom. The van der Waals surface area contributed by atoms with Crippen LogP contribution in [0.3, 0.4) is 0 Å². The first-order valence-corrected chi connectivity index (χ1v) is 5.66. The number of nitrogens with one attached hydrogen (secondary N) is 1. The summed E-state index contributed by atoms with van der Waals surface area (Å²) in [6.07, 6.45) is 3.49. The summed E-state index contributed by atoms with van der Waals surface area (Å²) in [7, 11) is 1.79. The highest BCUT2D eigenvalue weighted by atomic mass is 19.1. The number of benzene rings is 1. The van der Waals surface area contributed by atoms with Crippen molar-refractivity contribution in [2.24, 2.45) is 7.05 Å². The lowest BCUT2D eigenvalue weighted by molar-refractivity contribution is -0.384. The van der Waals surface area contributed by atoms with E-state index >= 15 is 0 Å². The minimum atomic E-state index is -0.633. The van der Waals surface area contributed by atoms with Gasteiger partial charge in [-0.05, 0) is 19.1 Å². The number of anilines is 1. The third-order valence-corrected chi connectivity index (χ3v) is 2.75. The first-order valence-electron chi connectivity index (χ1n) is 5.66.